The topological polar surface area (TPSA) is 99.5 Å². The minimum atomic E-state index is -0.467. The number of ether oxygens (including phenoxy) is 1. The van der Waals surface area contributed by atoms with Gasteiger partial charge >= 0.3 is 5.97 Å². The predicted molar refractivity (Wildman–Crippen MR) is 125 cm³/mol. The molecule has 1 aliphatic heterocycles. The maximum Gasteiger partial charge on any atom is 0.309 e. The van der Waals surface area contributed by atoms with E-state index >= 15 is 0 Å². The van der Waals surface area contributed by atoms with Crippen molar-refractivity contribution in [1.29, 1.82) is 5.26 Å². The molecule has 4 rings (SSSR count). The molecule has 1 aliphatic carbocycles. The SMILES string of the molecule is N#Cc1c(NC(=O)COC(=O)C2CCN(C(=O)c3ccc(F)cc3)CC2)sc2c1CCCCC2. The number of nitrogens with zero attached hydrogens (tertiary/aromatic N) is 2. The van der Waals surface area contributed by atoms with Gasteiger partial charge in [-0.1, -0.05) is 6.42 Å². The van der Waals surface area contributed by atoms with E-state index < -0.39 is 30.2 Å². The molecule has 2 aliphatic rings. The molecule has 34 heavy (non-hydrogen) atoms. The molecule has 0 spiro atoms. The largest absolute Gasteiger partial charge is 0.455 e. The number of thiophene rings is 1. The minimum Gasteiger partial charge on any atom is -0.455 e. The normalized spacial score (nSPS) is 16.2. The molecule has 7 nitrogen and oxygen atoms in total. The van der Waals surface area contributed by atoms with Gasteiger partial charge in [0.2, 0.25) is 0 Å². The van der Waals surface area contributed by atoms with E-state index in [0.717, 1.165) is 42.5 Å². The number of rotatable bonds is 5. The molecule has 2 heterocycles. The molecule has 0 bridgehead atoms. The molecular weight excluding hydrogens is 457 g/mol. The van der Waals surface area contributed by atoms with Crippen LogP contribution in [0.15, 0.2) is 24.3 Å². The Morgan fingerprint density at radius 1 is 1.12 bits per heavy atom. The number of carbonyl (C=O) groups excluding carboxylic acids is 3. The number of halogens is 1. The van der Waals surface area contributed by atoms with E-state index in [1.165, 1.54) is 35.6 Å². The number of esters is 1. The third-order valence-electron chi connectivity index (χ3n) is 6.34. The van der Waals surface area contributed by atoms with Crippen LogP contribution in [-0.2, 0) is 27.2 Å². The number of likely N-dealkylation sites (tertiary alicyclic amines) is 1. The summed E-state index contributed by atoms with van der Waals surface area (Å²) in [4.78, 5) is 40.2. The second kappa shape index (κ2) is 10.8. The molecule has 9 heteroatoms. The van der Waals surface area contributed by atoms with Gasteiger partial charge < -0.3 is 15.0 Å². The molecule has 0 unspecified atom stereocenters. The number of fused-ring (bicyclic) bond motifs is 1. The lowest BCUT2D eigenvalue weighted by molar-refractivity contribution is -0.152. The first-order valence-corrected chi connectivity index (χ1v) is 12.3. The Morgan fingerprint density at radius 3 is 2.53 bits per heavy atom. The zero-order valence-corrected chi connectivity index (χ0v) is 19.6. The summed E-state index contributed by atoms with van der Waals surface area (Å²) >= 11 is 1.44. The maximum absolute atomic E-state index is 13.1. The van der Waals surface area contributed by atoms with Gasteiger partial charge in [0.25, 0.3) is 11.8 Å². The van der Waals surface area contributed by atoms with E-state index in [1.54, 1.807) is 4.90 Å². The highest BCUT2D eigenvalue weighted by Crippen LogP contribution is 2.37. The maximum atomic E-state index is 13.1. The highest BCUT2D eigenvalue weighted by Gasteiger charge is 2.29. The van der Waals surface area contributed by atoms with Crippen molar-refractivity contribution in [3.05, 3.63) is 51.7 Å². The molecule has 2 aromatic rings. The fourth-order valence-corrected chi connectivity index (χ4v) is 5.72. The highest BCUT2D eigenvalue weighted by atomic mass is 32.1. The molecule has 1 N–H and O–H groups in total. The Balaban J connectivity index is 1.25. The Hall–Kier alpha value is -3.25. The van der Waals surface area contributed by atoms with Crippen molar-refractivity contribution in [2.75, 3.05) is 25.0 Å². The van der Waals surface area contributed by atoms with E-state index in [4.69, 9.17) is 4.74 Å². The average molecular weight is 484 g/mol. The van der Waals surface area contributed by atoms with Crippen molar-refractivity contribution < 1.29 is 23.5 Å². The van der Waals surface area contributed by atoms with Gasteiger partial charge in [-0.2, -0.15) is 5.26 Å². The standard InChI is InChI=1S/C25H26FN3O4S/c26-18-8-6-16(7-9-18)24(31)29-12-10-17(11-13-29)25(32)33-15-22(30)28-23-20(14-27)19-4-2-1-3-5-21(19)34-23/h6-9,17H,1-5,10-13,15H2,(H,28,30). The average Bonchev–Trinajstić information content (AvgIpc) is 3.00. The number of piperidine rings is 1. The van der Waals surface area contributed by atoms with Crippen molar-refractivity contribution in [3.63, 3.8) is 0 Å². The van der Waals surface area contributed by atoms with Gasteiger partial charge in [-0.25, -0.2) is 4.39 Å². The molecule has 2 amide bonds. The quantitative estimate of drug-likeness (QED) is 0.511. The summed E-state index contributed by atoms with van der Waals surface area (Å²) in [6.07, 6.45) is 5.90. The molecule has 178 valence electrons. The Morgan fingerprint density at radius 2 is 1.82 bits per heavy atom. The van der Waals surface area contributed by atoms with Crippen molar-refractivity contribution in [3.8, 4) is 6.07 Å². The van der Waals surface area contributed by atoms with Gasteiger partial charge in [0.05, 0.1) is 11.5 Å². The second-order valence-electron chi connectivity index (χ2n) is 8.61. The number of hydrogen-bond donors (Lipinski definition) is 1. The lowest BCUT2D eigenvalue weighted by atomic mass is 9.96. The summed E-state index contributed by atoms with van der Waals surface area (Å²) in [6.45, 7) is 0.351. The fraction of sp³-hybridized carbons (Fsp3) is 0.440. The van der Waals surface area contributed by atoms with Gasteiger partial charge in [-0.05, 0) is 68.4 Å². The summed E-state index contributed by atoms with van der Waals surface area (Å²) in [5.41, 5.74) is 1.97. The summed E-state index contributed by atoms with van der Waals surface area (Å²) in [5.74, 6) is -1.93. The first kappa shape index (κ1) is 23.9. The van der Waals surface area contributed by atoms with Crippen LogP contribution in [0.2, 0.25) is 0 Å². The number of benzene rings is 1. The van der Waals surface area contributed by atoms with Gasteiger partial charge in [-0.15, -0.1) is 11.3 Å². The smallest absolute Gasteiger partial charge is 0.309 e. The lowest BCUT2D eigenvalue weighted by Gasteiger charge is -2.31. The summed E-state index contributed by atoms with van der Waals surface area (Å²) in [6, 6.07) is 7.60. The van der Waals surface area contributed by atoms with E-state index in [0.29, 0.717) is 42.1 Å². The van der Waals surface area contributed by atoms with Crippen LogP contribution < -0.4 is 5.32 Å². The number of carbonyl (C=O) groups is 3. The van der Waals surface area contributed by atoms with Crippen LogP contribution in [0, 0.1) is 23.1 Å². The summed E-state index contributed by atoms with van der Waals surface area (Å²) in [7, 11) is 0. The fourth-order valence-electron chi connectivity index (χ4n) is 4.46. The van der Waals surface area contributed by atoms with Crippen LogP contribution >= 0.6 is 11.3 Å². The van der Waals surface area contributed by atoms with Crippen LogP contribution in [0.25, 0.3) is 0 Å². The molecule has 0 atom stereocenters. The Labute approximate surface area is 201 Å². The van der Waals surface area contributed by atoms with E-state index in [9.17, 15) is 24.0 Å². The third kappa shape index (κ3) is 5.45. The van der Waals surface area contributed by atoms with Crippen molar-refractivity contribution in [2.24, 2.45) is 5.92 Å². The summed E-state index contributed by atoms with van der Waals surface area (Å²) < 4.78 is 18.3. The first-order chi connectivity index (χ1) is 16.5. The van der Waals surface area contributed by atoms with Crippen LogP contribution in [0.1, 0.15) is 58.5 Å². The number of amides is 2. The van der Waals surface area contributed by atoms with E-state index in [2.05, 4.69) is 11.4 Å². The summed E-state index contributed by atoms with van der Waals surface area (Å²) in [5, 5.41) is 12.8. The van der Waals surface area contributed by atoms with Crippen LogP contribution in [-0.4, -0.2) is 42.4 Å². The highest BCUT2D eigenvalue weighted by molar-refractivity contribution is 7.16. The molecule has 1 saturated heterocycles. The number of nitrogens with one attached hydrogen (secondary N) is 1. The third-order valence-corrected chi connectivity index (χ3v) is 7.55. The van der Waals surface area contributed by atoms with Crippen LogP contribution in [0.3, 0.4) is 0 Å². The van der Waals surface area contributed by atoms with Crippen molar-refractivity contribution in [2.45, 2.75) is 44.9 Å². The van der Waals surface area contributed by atoms with Gasteiger partial charge in [0, 0.05) is 23.5 Å². The Kier molecular flexibility index (Phi) is 7.58. The predicted octanol–water partition coefficient (Wildman–Crippen LogP) is 4.06. The van der Waals surface area contributed by atoms with Gasteiger partial charge in [0.15, 0.2) is 6.61 Å². The molecule has 1 fully saturated rings. The molecule has 0 radical (unpaired) electrons. The molecule has 1 aromatic carbocycles. The monoisotopic (exact) mass is 483 g/mol. The van der Waals surface area contributed by atoms with Crippen LogP contribution in [0.5, 0.6) is 0 Å². The number of hydrogen-bond acceptors (Lipinski definition) is 6. The van der Waals surface area contributed by atoms with Crippen molar-refractivity contribution >= 4 is 34.1 Å². The van der Waals surface area contributed by atoms with Gasteiger partial charge in [0.1, 0.15) is 16.9 Å². The number of aryl methyl sites for hydroxylation is 1. The first-order valence-electron chi connectivity index (χ1n) is 11.5. The molecule has 1 aromatic heterocycles. The number of nitriles is 1. The van der Waals surface area contributed by atoms with Gasteiger partial charge in [-0.3, -0.25) is 14.4 Å². The zero-order valence-electron chi connectivity index (χ0n) is 18.8. The number of anilines is 1. The minimum absolute atomic E-state index is 0.200. The molecular formula is C25H26FN3O4S. The molecule has 0 saturated carbocycles. The van der Waals surface area contributed by atoms with E-state index in [-0.39, 0.29) is 5.91 Å². The van der Waals surface area contributed by atoms with E-state index in [1.807, 2.05) is 0 Å². The van der Waals surface area contributed by atoms with Crippen LogP contribution in [0.4, 0.5) is 9.39 Å². The Bertz CT molecular complexity index is 1110. The zero-order chi connectivity index (χ0) is 24.1. The van der Waals surface area contributed by atoms with Crippen molar-refractivity contribution in [1.82, 2.24) is 4.90 Å². The second-order valence-corrected chi connectivity index (χ2v) is 9.71. The lowest BCUT2D eigenvalue weighted by Crippen LogP contribution is -2.41.